The van der Waals surface area contributed by atoms with E-state index in [1.54, 1.807) is 37.4 Å². The maximum Gasteiger partial charge on any atom is 0.264 e. The number of carbonyl (C=O) groups is 1. The van der Waals surface area contributed by atoms with Crippen molar-refractivity contribution in [3.8, 4) is 5.75 Å². The number of sulfonamides is 1. The fourth-order valence-corrected chi connectivity index (χ4v) is 5.10. The Morgan fingerprint density at radius 2 is 1.67 bits per heavy atom. The van der Waals surface area contributed by atoms with Crippen LogP contribution in [-0.2, 0) is 14.8 Å². The van der Waals surface area contributed by atoms with E-state index in [9.17, 15) is 13.2 Å². The maximum absolute atomic E-state index is 13.4. The molecule has 0 saturated carbocycles. The first kappa shape index (κ1) is 24.3. The summed E-state index contributed by atoms with van der Waals surface area (Å²) in [5.41, 5.74) is 3.35. The molecule has 0 aliphatic carbocycles. The van der Waals surface area contributed by atoms with E-state index < -0.39 is 10.0 Å². The van der Waals surface area contributed by atoms with Crippen molar-refractivity contribution in [2.45, 2.75) is 38.1 Å². The Labute approximate surface area is 196 Å². The van der Waals surface area contributed by atoms with Crippen LogP contribution in [0.4, 0.5) is 5.69 Å². The molecule has 7 heteroatoms. The average Bonchev–Trinajstić information content (AvgIpc) is 2.82. The van der Waals surface area contributed by atoms with E-state index in [1.165, 1.54) is 12.1 Å². The van der Waals surface area contributed by atoms with E-state index in [2.05, 4.69) is 5.32 Å². The van der Waals surface area contributed by atoms with E-state index in [1.807, 2.05) is 51.1 Å². The molecule has 0 bridgehead atoms. The summed E-state index contributed by atoms with van der Waals surface area (Å²) in [6, 6.07) is 20.8. The first-order valence-electron chi connectivity index (χ1n) is 10.8. The van der Waals surface area contributed by atoms with Gasteiger partial charge in [0.15, 0.2) is 0 Å². The minimum atomic E-state index is -3.93. The zero-order valence-corrected chi connectivity index (χ0v) is 20.2. The van der Waals surface area contributed by atoms with Gasteiger partial charge in [-0.25, -0.2) is 8.42 Å². The van der Waals surface area contributed by atoms with Crippen molar-refractivity contribution in [2.75, 3.05) is 18.0 Å². The maximum atomic E-state index is 13.4. The molecule has 1 N–H and O–H groups in total. The van der Waals surface area contributed by atoms with Gasteiger partial charge in [0.05, 0.1) is 23.7 Å². The van der Waals surface area contributed by atoms with Crippen molar-refractivity contribution in [1.29, 1.82) is 0 Å². The van der Waals surface area contributed by atoms with Crippen LogP contribution in [0, 0.1) is 13.8 Å². The summed E-state index contributed by atoms with van der Waals surface area (Å²) < 4.78 is 33.3. The van der Waals surface area contributed by atoms with Gasteiger partial charge in [-0.05, 0) is 61.7 Å². The molecule has 0 radical (unpaired) electrons. The summed E-state index contributed by atoms with van der Waals surface area (Å²) in [6.45, 7) is 5.52. The Bertz CT molecular complexity index is 1190. The third kappa shape index (κ3) is 5.73. The number of hydrogen-bond acceptors (Lipinski definition) is 4. The Kier molecular flexibility index (Phi) is 7.76. The average molecular weight is 467 g/mol. The van der Waals surface area contributed by atoms with E-state index in [4.69, 9.17) is 4.74 Å². The Morgan fingerprint density at radius 1 is 1.00 bits per heavy atom. The number of methoxy groups -OCH3 is 1. The predicted octanol–water partition coefficient (Wildman–Crippen LogP) is 4.77. The first-order chi connectivity index (χ1) is 15.8. The largest absolute Gasteiger partial charge is 0.496 e. The van der Waals surface area contributed by atoms with Gasteiger partial charge in [-0.1, -0.05) is 55.0 Å². The molecule has 174 valence electrons. The Morgan fingerprint density at radius 3 is 2.24 bits per heavy atom. The zero-order valence-electron chi connectivity index (χ0n) is 19.4. The molecule has 0 heterocycles. The lowest BCUT2D eigenvalue weighted by Gasteiger charge is -2.26. The van der Waals surface area contributed by atoms with Gasteiger partial charge < -0.3 is 10.1 Å². The fourth-order valence-electron chi connectivity index (χ4n) is 3.66. The highest BCUT2D eigenvalue weighted by molar-refractivity contribution is 7.92. The number of benzene rings is 3. The van der Waals surface area contributed by atoms with Crippen molar-refractivity contribution in [3.05, 3.63) is 89.5 Å². The van der Waals surface area contributed by atoms with Crippen molar-refractivity contribution in [3.63, 3.8) is 0 Å². The van der Waals surface area contributed by atoms with Crippen molar-refractivity contribution in [1.82, 2.24) is 5.32 Å². The molecule has 3 aromatic rings. The number of nitrogens with one attached hydrogen (secondary N) is 1. The smallest absolute Gasteiger partial charge is 0.264 e. The minimum absolute atomic E-state index is 0.135. The number of anilines is 1. The van der Waals surface area contributed by atoms with Crippen molar-refractivity contribution < 1.29 is 17.9 Å². The highest BCUT2D eigenvalue weighted by Gasteiger charge is 2.28. The normalized spacial score (nSPS) is 12.1. The van der Waals surface area contributed by atoms with Crippen LogP contribution in [-0.4, -0.2) is 28.0 Å². The van der Waals surface area contributed by atoms with Crippen LogP contribution < -0.4 is 14.4 Å². The Hall–Kier alpha value is -3.32. The van der Waals surface area contributed by atoms with Gasteiger partial charge in [-0.15, -0.1) is 0 Å². The number of carbonyl (C=O) groups excluding carboxylic acids is 1. The van der Waals surface area contributed by atoms with Gasteiger partial charge >= 0.3 is 0 Å². The summed E-state index contributed by atoms with van der Waals surface area (Å²) in [7, 11) is -2.31. The van der Waals surface area contributed by atoms with Crippen LogP contribution >= 0.6 is 0 Å². The lowest BCUT2D eigenvalue weighted by atomic mass is 10.0. The van der Waals surface area contributed by atoms with E-state index >= 15 is 0 Å². The topological polar surface area (TPSA) is 75.7 Å². The molecule has 0 spiro atoms. The second-order valence-electron chi connectivity index (χ2n) is 7.92. The van der Waals surface area contributed by atoms with Gasteiger partial charge in [0.1, 0.15) is 12.3 Å². The fraction of sp³-hybridized carbons (Fsp3) is 0.269. The number of aryl methyl sites for hydroxylation is 2. The summed E-state index contributed by atoms with van der Waals surface area (Å²) in [6.07, 6.45) is 0.660. The molecular formula is C26H30N2O4S. The van der Waals surface area contributed by atoms with Crippen LogP contribution in [0.25, 0.3) is 0 Å². The monoisotopic (exact) mass is 466 g/mol. The minimum Gasteiger partial charge on any atom is -0.496 e. The van der Waals surface area contributed by atoms with Gasteiger partial charge in [0, 0.05) is 0 Å². The van der Waals surface area contributed by atoms with Crippen LogP contribution in [0.1, 0.15) is 36.1 Å². The first-order valence-corrected chi connectivity index (χ1v) is 12.3. The molecule has 0 fully saturated rings. The van der Waals surface area contributed by atoms with E-state index in [0.29, 0.717) is 12.1 Å². The molecule has 0 aliphatic rings. The second-order valence-corrected chi connectivity index (χ2v) is 9.78. The molecule has 6 nitrogen and oxygen atoms in total. The molecule has 0 aromatic heterocycles. The number of hydrogen-bond donors (Lipinski definition) is 1. The summed E-state index contributed by atoms with van der Waals surface area (Å²) in [4.78, 5) is 13.2. The highest BCUT2D eigenvalue weighted by atomic mass is 32.2. The number of amides is 1. The van der Waals surface area contributed by atoms with Gasteiger partial charge in [-0.2, -0.15) is 0 Å². The van der Waals surface area contributed by atoms with Crippen LogP contribution in [0.5, 0.6) is 5.75 Å². The third-order valence-electron chi connectivity index (χ3n) is 5.51. The lowest BCUT2D eigenvalue weighted by molar-refractivity contribution is -0.120. The van der Waals surface area contributed by atoms with Crippen molar-refractivity contribution >= 4 is 21.6 Å². The number of ether oxygens (including phenoxy) is 1. The van der Waals surface area contributed by atoms with Crippen LogP contribution in [0.3, 0.4) is 0 Å². The standard InChI is InChI=1S/C26H30N2O4S/c1-5-24(21-13-16-25(32-4)20(3)17-21)27-26(29)18-28(22-14-11-19(2)12-15-22)33(30,31)23-9-7-6-8-10-23/h6-17,24H,5,18H2,1-4H3,(H,27,29)/t24-/m1/s1. The lowest BCUT2D eigenvalue weighted by Crippen LogP contribution is -2.42. The number of nitrogens with zero attached hydrogens (tertiary/aromatic N) is 1. The number of rotatable bonds is 9. The zero-order chi connectivity index (χ0) is 24.0. The van der Waals surface area contributed by atoms with Gasteiger partial charge in [-0.3, -0.25) is 9.10 Å². The van der Waals surface area contributed by atoms with Crippen LogP contribution in [0.15, 0.2) is 77.7 Å². The molecule has 33 heavy (non-hydrogen) atoms. The SMILES string of the molecule is CC[C@@H](NC(=O)CN(c1ccc(C)cc1)S(=O)(=O)c1ccccc1)c1ccc(OC)c(C)c1. The predicted molar refractivity (Wildman–Crippen MR) is 131 cm³/mol. The van der Waals surface area contributed by atoms with Gasteiger partial charge in [0.25, 0.3) is 10.0 Å². The van der Waals surface area contributed by atoms with E-state index in [-0.39, 0.29) is 23.4 Å². The van der Waals surface area contributed by atoms with E-state index in [0.717, 1.165) is 26.7 Å². The molecule has 0 aliphatic heterocycles. The highest BCUT2D eigenvalue weighted by Crippen LogP contribution is 2.26. The molecule has 3 rings (SSSR count). The third-order valence-corrected chi connectivity index (χ3v) is 7.29. The molecule has 1 atom stereocenters. The summed E-state index contributed by atoms with van der Waals surface area (Å²) >= 11 is 0. The molecular weight excluding hydrogens is 436 g/mol. The quantitative estimate of drug-likeness (QED) is 0.493. The van der Waals surface area contributed by atoms with Gasteiger partial charge in [0.2, 0.25) is 5.91 Å². The molecule has 0 saturated heterocycles. The molecule has 3 aromatic carbocycles. The molecule has 1 amide bonds. The van der Waals surface area contributed by atoms with Crippen molar-refractivity contribution in [2.24, 2.45) is 0 Å². The van der Waals surface area contributed by atoms with Crippen LogP contribution in [0.2, 0.25) is 0 Å². The summed E-state index contributed by atoms with van der Waals surface area (Å²) in [5, 5.41) is 3.00. The second kappa shape index (κ2) is 10.5. The Balaban J connectivity index is 1.88. The summed E-state index contributed by atoms with van der Waals surface area (Å²) in [5.74, 6) is 0.398. The molecule has 0 unspecified atom stereocenters.